The van der Waals surface area contributed by atoms with Crippen LogP contribution in [0.25, 0.3) is 0 Å². The maximum atomic E-state index is 11.3. The van der Waals surface area contributed by atoms with E-state index < -0.39 is 17.5 Å². The van der Waals surface area contributed by atoms with Crippen LogP contribution in [0.3, 0.4) is 0 Å². The van der Waals surface area contributed by atoms with Gasteiger partial charge in [-0.1, -0.05) is 13.3 Å². The molecule has 0 spiro atoms. The first-order chi connectivity index (χ1) is 8.51. The van der Waals surface area contributed by atoms with E-state index in [0.29, 0.717) is 6.54 Å². The maximum absolute atomic E-state index is 11.3. The molecule has 1 rings (SSSR count). The van der Waals surface area contributed by atoms with Crippen LogP contribution < -0.4 is 16.8 Å². The monoisotopic (exact) mass is 257 g/mol. The van der Waals surface area contributed by atoms with Crippen LogP contribution in [0.4, 0.5) is 4.79 Å². The first-order valence-electron chi connectivity index (χ1n) is 6.44. The van der Waals surface area contributed by atoms with E-state index in [9.17, 15) is 9.59 Å². The fourth-order valence-corrected chi connectivity index (χ4v) is 2.41. The van der Waals surface area contributed by atoms with E-state index in [0.717, 1.165) is 31.6 Å². The van der Waals surface area contributed by atoms with Crippen molar-refractivity contribution in [3.05, 3.63) is 0 Å². The van der Waals surface area contributed by atoms with Gasteiger partial charge >= 0.3 is 6.03 Å². The minimum absolute atomic E-state index is 0.170. The minimum Gasteiger partial charge on any atom is -0.364 e. The van der Waals surface area contributed by atoms with E-state index >= 15 is 0 Å². The molecule has 6 heteroatoms. The Labute approximate surface area is 107 Å². The minimum atomic E-state index is -0.861. The number of urea groups is 1. The first kappa shape index (κ1) is 14.9. The van der Waals surface area contributed by atoms with Crippen LogP contribution in [0.2, 0.25) is 0 Å². The Morgan fingerprint density at radius 1 is 1.39 bits per heavy atom. The van der Waals surface area contributed by atoms with Gasteiger partial charge in [-0.2, -0.15) is 0 Å². The summed E-state index contributed by atoms with van der Waals surface area (Å²) in [6, 6.07) is -0.861. The molecule has 1 saturated carbocycles. The standard InChI is InChI=1S/C12H23N3O3/c1-2-9-3-5-12(8-13,6-4-9)18-7-10(16)15-11(14)17/h9H,2-8,13H2,1H3,(H3,14,15,16,17). The zero-order valence-corrected chi connectivity index (χ0v) is 10.9. The fourth-order valence-electron chi connectivity index (χ4n) is 2.41. The molecule has 18 heavy (non-hydrogen) atoms. The van der Waals surface area contributed by atoms with E-state index in [4.69, 9.17) is 16.2 Å². The van der Waals surface area contributed by atoms with E-state index in [1.54, 1.807) is 0 Å². The van der Waals surface area contributed by atoms with Crippen molar-refractivity contribution in [2.75, 3.05) is 13.2 Å². The highest BCUT2D eigenvalue weighted by Crippen LogP contribution is 2.35. The van der Waals surface area contributed by atoms with Gasteiger partial charge in [-0.05, 0) is 31.6 Å². The molecule has 0 atom stereocenters. The van der Waals surface area contributed by atoms with Crippen molar-refractivity contribution in [3.8, 4) is 0 Å². The van der Waals surface area contributed by atoms with Crippen molar-refractivity contribution >= 4 is 11.9 Å². The molecule has 3 amide bonds. The lowest BCUT2D eigenvalue weighted by Gasteiger charge is -2.38. The van der Waals surface area contributed by atoms with Crippen molar-refractivity contribution in [1.29, 1.82) is 0 Å². The van der Waals surface area contributed by atoms with Crippen LogP contribution in [0.1, 0.15) is 39.0 Å². The highest BCUT2D eigenvalue weighted by molar-refractivity contribution is 5.94. The molecule has 0 saturated heterocycles. The number of hydrogen-bond acceptors (Lipinski definition) is 4. The van der Waals surface area contributed by atoms with Gasteiger partial charge in [0.1, 0.15) is 6.61 Å². The molecule has 0 aromatic rings. The number of primary amides is 1. The van der Waals surface area contributed by atoms with Gasteiger partial charge in [0.2, 0.25) is 0 Å². The number of amides is 3. The molecule has 0 unspecified atom stereocenters. The third-order valence-electron chi connectivity index (χ3n) is 3.74. The molecule has 1 fully saturated rings. The number of carbonyl (C=O) groups is 2. The topological polar surface area (TPSA) is 107 Å². The second kappa shape index (κ2) is 6.70. The number of rotatable bonds is 5. The molecule has 1 aliphatic rings. The zero-order chi connectivity index (χ0) is 13.6. The summed E-state index contributed by atoms with van der Waals surface area (Å²) in [6.45, 7) is 2.41. The Morgan fingerprint density at radius 2 is 2.00 bits per heavy atom. The number of imide groups is 1. The third kappa shape index (κ3) is 4.27. The summed E-state index contributed by atoms with van der Waals surface area (Å²) >= 11 is 0. The Hall–Kier alpha value is -1.14. The largest absolute Gasteiger partial charge is 0.364 e. The molecule has 104 valence electrons. The van der Waals surface area contributed by atoms with Crippen molar-refractivity contribution in [2.45, 2.75) is 44.6 Å². The van der Waals surface area contributed by atoms with Gasteiger partial charge in [0.25, 0.3) is 5.91 Å². The number of ether oxygens (including phenoxy) is 1. The number of nitrogens with two attached hydrogens (primary N) is 2. The lowest BCUT2D eigenvalue weighted by molar-refractivity contribution is -0.135. The lowest BCUT2D eigenvalue weighted by Crippen LogP contribution is -2.47. The Morgan fingerprint density at radius 3 is 2.44 bits per heavy atom. The van der Waals surface area contributed by atoms with Gasteiger partial charge in [0, 0.05) is 6.54 Å². The van der Waals surface area contributed by atoms with Gasteiger partial charge in [0.15, 0.2) is 0 Å². The number of hydrogen-bond donors (Lipinski definition) is 3. The summed E-state index contributed by atoms with van der Waals surface area (Å²) in [4.78, 5) is 21.8. The van der Waals surface area contributed by atoms with E-state index in [2.05, 4.69) is 6.92 Å². The van der Waals surface area contributed by atoms with Crippen molar-refractivity contribution < 1.29 is 14.3 Å². The number of nitrogens with one attached hydrogen (secondary N) is 1. The molecule has 0 radical (unpaired) electrons. The van der Waals surface area contributed by atoms with E-state index in [-0.39, 0.29) is 6.61 Å². The highest BCUT2D eigenvalue weighted by atomic mass is 16.5. The lowest BCUT2D eigenvalue weighted by atomic mass is 9.77. The first-order valence-corrected chi connectivity index (χ1v) is 6.44. The predicted octanol–water partition coefficient (Wildman–Crippen LogP) is 0.496. The third-order valence-corrected chi connectivity index (χ3v) is 3.74. The summed E-state index contributed by atoms with van der Waals surface area (Å²) < 4.78 is 5.63. The van der Waals surface area contributed by atoms with Gasteiger partial charge in [0.05, 0.1) is 5.60 Å². The summed E-state index contributed by atoms with van der Waals surface area (Å²) in [5.41, 5.74) is 10.2. The van der Waals surface area contributed by atoms with Crippen LogP contribution in [-0.4, -0.2) is 30.7 Å². The smallest absolute Gasteiger partial charge is 0.318 e. The van der Waals surface area contributed by atoms with Gasteiger partial charge in [-0.25, -0.2) is 4.79 Å². The van der Waals surface area contributed by atoms with E-state index in [1.807, 2.05) is 5.32 Å². The normalized spacial score (nSPS) is 27.8. The molecule has 1 aliphatic carbocycles. The van der Waals surface area contributed by atoms with Crippen molar-refractivity contribution in [3.63, 3.8) is 0 Å². The van der Waals surface area contributed by atoms with Gasteiger partial charge < -0.3 is 16.2 Å². The van der Waals surface area contributed by atoms with Crippen LogP contribution in [0.5, 0.6) is 0 Å². The van der Waals surface area contributed by atoms with Crippen molar-refractivity contribution in [1.82, 2.24) is 5.32 Å². The van der Waals surface area contributed by atoms with Crippen LogP contribution in [-0.2, 0) is 9.53 Å². The molecule has 0 bridgehead atoms. The van der Waals surface area contributed by atoms with E-state index in [1.165, 1.54) is 6.42 Å². The summed E-state index contributed by atoms with van der Waals surface area (Å²) in [7, 11) is 0. The second-order valence-corrected chi connectivity index (χ2v) is 4.94. The van der Waals surface area contributed by atoms with Gasteiger partial charge in [-0.15, -0.1) is 0 Å². The molecule has 5 N–H and O–H groups in total. The predicted molar refractivity (Wildman–Crippen MR) is 67.7 cm³/mol. The van der Waals surface area contributed by atoms with Gasteiger partial charge in [-0.3, -0.25) is 10.1 Å². The second-order valence-electron chi connectivity index (χ2n) is 4.94. The highest BCUT2D eigenvalue weighted by Gasteiger charge is 2.35. The molecule has 0 heterocycles. The summed E-state index contributed by atoms with van der Waals surface area (Å²) in [5.74, 6) is 0.209. The van der Waals surface area contributed by atoms with Crippen LogP contribution >= 0.6 is 0 Å². The Bertz CT molecular complexity index is 299. The number of carbonyl (C=O) groups excluding carboxylic acids is 2. The Balaban J connectivity index is 2.42. The molecule has 6 nitrogen and oxygen atoms in total. The summed E-state index contributed by atoms with van der Waals surface area (Å²) in [6.07, 6.45) is 5.05. The zero-order valence-electron chi connectivity index (χ0n) is 10.9. The molecule has 0 aliphatic heterocycles. The molecular formula is C12H23N3O3. The quantitative estimate of drug-likeness (QED) is 0.666. The average Bonchev–Trinajstić information content (AvgIpc) is 2.36. The SMILES string of the molecule is CCC1CCC(CN)(OCC(=O)NC(N)=O)CC1. The van der Waals surface area contributed by atoms with Crippen molar-refractivity contribution in [2.24, 2.45) is 17.4 Å². The summed E-state index contributed by atoms with van der Waals surface area (Å²) in [5, 5.41) is 1.98. The van der Waals surface area contributed by atoms with Crippen LogP contribution in [0, 0.1) is 5.92 Å². The molecule has 0 aromatic heterocycles. The average molecular weight is 257 g/mol. The Kier molecular flexibility index (Phi) is 5.55. The molecular weight excluding hydrogens is 234 g/mol. The van der Waals surface area contributed by atoms with Crippen LogP contribution in [0.15, 0.2) is 0 Å². The fraction of sp³-hybridized carbons (Fsp3) is 0.833. The molecule has 0 aromatic carbocycles. The maximum Gasteiger partial charge on any atom is 0.318 e.